The molecule has 134 valence electrons. The molecule has 3 amide bonds. The fraction of sp³-hybridized carbons (Fsp3) is 0.250. The topological polar surface area (TPSA) is 78.5 Å². The van der Waals surface area contributed by atoms with E-state index in [1.54, 1.807) is 29.2 Å². The summed E-state index contributed by atoms with van der Waals surface area (Å²) in [6.07, 6.45) is 0.855. The van der Waals surface area contributed by atoms with E-state index < -0.39 is 6.04 Å². The predicted molar refractivity (Wildman–Crippen MR) is 98.7 cm³/mol. The Morgan fingerprint density at radius 1 is 0.923 bits per heavy atom. The first-order valence-corrected chi connectivity index (χ1v) is 8.65. The zero-order valence-electron chi connectivity index (χ0n) is 14.4. The summed E-state index contributed by atoms with van der Waals surface area (Å²) in [6, 6.07) is 17.6. The van der Waals surface area contributed by atoms with E-state index in [0.717, 1.165) is 5.69 Å². The SMILES string of the molecule is O=C(NCCNC(=O)C1CCC(=O)N1c1ccccc1)c1ccccc1. The Morgan fingerprint density at radius 3 is 2.23 bits per heavy atom. The van der Waals surface area contributed by atoms with Crippen molar-refractivity contribution in [2.45, 2.75) is 18.9 Å². The van der Waals surface area contributed by atoms with Crippen molar-refractivity contribution in [2.24, 2.45) is 0 Å². The van der Waals surface area contributed by atoms with Crippen LogP contribution in [0.5, 0.6) is 0 Å². The Morgan fingerprint density at radius 2 is 1.54 bits per heavy atom. The van der Waals surface area contributed by atoms with Crippen LogP contribution in [-0.4, -0.2) is 36.9 Å². The van der Waals surface area contributed by atoms with Gasteiger partial charge in [0.15, 0.2) is 0 Å². The average molecular weight is 351 g/mol. The molecule has 1 atom stereocenters. The molecule has 0 aliphatic carbocycles. The van der Waals surface area contributed by atoms with E-state index in [0.29, 0.717) is 31.5 Å². The molecule has 1 unspecified atom stereocenters. The molecular weight excluding hydrogens is 330 g/mol. The van der Waals surface area contributed by atoms with Crippen LogP contribution in [0, 0.1) is 0 Å². The van der Waals surface area contributed by atoms with Crippen molar-refractivity contribution in [2.75, 3.05) is 18.0 Å². The molecule has 3 rings (SSSR count). The van der Waals surface area contributed by atoms with E-state index in [4.69, 9.17) is 0 Å². The third kappa shape index (κ3) is 4.08. The number of nitrogens with one attached hydrogen (secondary N) is 2. The van der Waals surface area contributed by atoms with E-state index in [1.807, 2.05) is 36.4 Å². The Hall–Kier alpha value is -3.15. The average Bonchev–Trinajstić information content (AvgIpc) is 3.08. The number of anilines is 1. The summed E-state index contributed by atoms with van der Waals surface area (Å²) in [6.45, 7) is 0.635. The van der Waals surface area contributed by atoms with Gasteiger partial charge in [0.25, 0.3) is 5.91 Å². The van der Waals surface area contributed by atoms with Crippen molar-refractivity contribution in [1.29, 1.82) is 0 Å². The summed E-state index contributed by atoms with van der Waals surface area (Å²) in [7, 11) is 0. The van der Waals surface area contributed by atoms with Gasteiger partial charge in [0.1, 0.15) is 6.04 Å². The van der Waals surface area contributed by atoms with Crippen molar-refractivity contribution >= 4 is 23.4 Å². The molecule has 2 N–H and O–H groups in total. The number of carbonyl (C=O) groups excluding carboxylic acids is 3. The maximum absolute atomic E-state index is 12.5. The van der Waals surface area contributed by atoms with Crippen molar-refractivity contribution < 1.29 is 14.4 Å². The van der Waals surface area contributed by atoms with Crippen LogP contribution in [0.3, 0.4) is 0 Å². The van der Waals surface area contributed by atoms with E-state index >= 15 is 0 Å². The number of benzene rings is 2. The molecule has 1 aliphatic rings. The minimum atomic E-state index is -0.505. The van der Waals surface area contributed by atoms with Crippen LogP contribution in [0.1, 0.15) is 23.2 Å². The summed E-state index contributed by atoms with van der Waals surface area (Å²) in [4.78, 5) is 38.1. The Kier molecular flexibility index (Phi) is 5.63. The van der Waals surface area contributed by atoms with E-state index in [9.17, 15) is 14.4 Å². The lowest BCUT2D eigenvalue weighted by atomic mass is 10.2. The van der Waals surface area contributed by atoms with Gasteiger partial charge in [-0.3, -0.25) is 19.3 Å². The first-order valence-electron chi connectivity index (χ1n) is 8.65. The lowest BCUT2D eigenvalue weighted by molar-refractivity contribution is -0.123. The second-order valence-electron chi connectivity index (χ2n) is 6.07. The molecule has 0 radical (unpaired) electrons. The predicted octanol–water partition coefficient (Wildman–Crippen LogP) is 1.73. The first kappa shape index (κ1) is 17.7. The molecule has 26 heavy (non-hydrogen) atoms. The minimum absolute atomic E-state index is 0.0475. The number of hydrogen-bond acceptors (Lipinski definition) is 3. The van der Waals surface area contributed by atoms with Crippen LogP contribution in [0.25, 0.3) is 0 Å². The van der Waals surface area contributed by atoms with Gasteiger partial charge < -0.3 is 10.6 Å². The monoisotopic (exact) mass is 351 g/mol. The maximum atomic E-state index is 12.5. The quantitative estimate of drug-likeness (QED) is 0.778. The molecular formula is C20H21N3O3. The summed E-state index contributed by atoms with van der Waals surface area (Å²) in [5.74, 6) is -0.427. The highest BCUT2D eigenvalue weighted by atomic mass is 16.2. The van der Waals surface area contributed by atoms with Crippen molar-refractivity contribution in [1.82, 2.24) is 10.6 Å². The molecule has 6 nitrogen and oxygen atoms in total. The van der Waals surface area contributed by atoms with Crippen LogP contribution in [0.2, 0.25) is 0 Å². The third-order valence-corrected chi connectivity index (χ3v) is 4.29. The first-order chi connectivity index (χ1) is 12.7. The van der Waals surface area contributed by atoms with Crippen LogP contribution >= 0.6 is 0 Å². The van der Waals surface area contributed by atoms with Gasteiger partial charge in [-0.15, -0.1) is 0 Å². The number of amides is 3. The molecule has 0 spiro atoms. The molecule has 2 aromatic carbocycles. The fourth-order valence-corrected chi connectivity index (χ4v) is 3.02. The lowest BCUT2D eigenvalue weighted by Gasteiger charge is -2.24. The van der Waals surface area contributed by atoms with Gasteiger partial charge in [0.05, 0.1) is 0 Å². The van der Waals surface area contributed by atoms with Crippen LogP contribution in [-0.2, 0) is 9.59 Å². The highest BCUT2D eigenvalue weighted by molar-refractivity contribution is 6.03. The third-order valence-electron chi connectivity index (χ3n) is 4.29. The molecule has 1 fully saturated rings. The summed E-state index contributed by atoms with van der Waals surface area (Å²) >= 11 is 0. The summed E-state index contributed by atoms with van der Waals surface area (Å²) in [5.41, 5.74) is 1.31. The van der Waals surface area contributed by atoms with E-state index in [1.165, 1.54) is 0 Å². The van der Waals surface area contributed by atoms with Gasteiger partial charge in [0, 0.05) is 30.8 Å². The van der Waals surface area contributed by atoms with Crippen LogP contribution in [0.4, 0.5) is 5.69 Å². The summed E-state index contributed by atoms with van der Waals surface area (Å²) in [5, 5.41) is 5.57. The van der Waals surface area contributed by atoms with Gasteiger partial charge in [0.2, 0.25) is 11.8 Å². The van der Waals surface area contributed by atoms with Gasteiger partial charge in [-0.25, -0.2) is 0 Å². The Bertz CT molecular complexity index is 777. The maximum Gasteiger partial charge on any atom is 0.251 e. The molecule has 0 bridgehead atoms. The molecule has 1 saturated heterocycles. The van der Waals surface area contributed by atoms with Crippen LogP contribution in [0.15, 0.2) is 60.7 Å². The standard InChI is InChI=1S/C20H21N3O3/c24-18-12-11-17(23(18)16-9-5-2-6-10-16)20(26)22-14-13-21-19(25)15-7-3-1-4-8-15/h1-10,17H,11-14H2,(H,21,25)(H,22,26). The van der Waals surface area contributed by atoms with E-state index in [-0.39, 0.29) is 17.7 Å². The number of hydrogen-bond donors (Lipinski definition) is 2. The molecule has 0 saturated carbocycles. The molecule has 1 heterocycles. The van der Waals surface area contributed by atoms with Gasteiger partial charge in [-0.2, -0.15) is 0 Å². The highest BCUT2D eigenvalue weighted by Crippen LogP contribution is 2.26. The zero-order chi connectivity index (χ0) is 18.4. The second kappa shape index (κ2) is 8.29. The van der Waals surface area contributed by atoms with Gasteiger partial charge in [-0.05, 0) is 30.7 Å². The Labute approximate surface area is 152 Å². The normalized spacial score (nSPS) is 16.4. The number of rotatable bonds is 6. The van der Waals surface area contributed by atoms with Gasteiger partial charge in [-0.1, -0.05) is 36.4 Å². The number of nitrogens with zero attached hydrogens (tertiary/aromatic N) is 1. The number of carbonyl (C=O) groups is 3. The van der Waals surface area contributed by atoms with Gasteiger partial charge >= 0.3 is 0 Å². The van der Waals surface area contributed by atoms with E-state index in [2.05, 4.69) is 10.6 Å². The lowest BCUT2D eigenvalue weighted by Crippen LogP contribution is -2.46. The van der Waals surface area contributed by atoms with Crippen molar-refractivity contribution in [3.8, 4) is 0 Å². The van der Waals surface area contributed by atoms with Crippen LogP contribution < -0.4 is 15.5 Å². The zero-order valence-corrected chi connectivity index (χ0v) is 14.4. The molecule has 1 aliphatic heterocycles. The van der Waals surface area contributed by atoms with Crippen molar-refractivity contribution in [3.63, 3.8) is 0 Å². The largest absolute Gasteiger partial charge is 0.353 e. The number of para-hydroxylation sites is 1. The molecule has 6 heteroatoms. The van der Waals surface area contributed by atoms with Crippen molar-refractivity contribution in [3.05, 3.63) is 66.2 Å². The Balaban J connectivity index is 1.50. The molecule has 0 aromatic heterocycles. The summed E-state index contributed by atoms with van der Waals surface area (Å²) < 4.78 is 0. The smallest absolute Gasteiger partial charge is 0.251 e. The molecule has 2 aromatic rings. The minimum Gasteiger partial charge on any atom is -0.353 e. The fourth-order valence-electron chi connectivity index (χ4n) is 3.02. The highest BCUT2D eigenvalue weighted by Gasteiger charge is 2.36. The second-order valence-corrected chi connectivity index (χ2v) is 6.07.